The Morgan fingerprint density at radius 2 is 2.20 bits per heavy atom. The molecule has 1 atom stereocenters. The summed E-state index contributed by atoms with van der Waals surface area (Å²) < 4.78 is 5.39. The molecule has 1 aromatic rings. The molecule has 2 nitrogen and oxygen atoms in total. The third kappa shape index (κ3) is 4.65. The minimum Gasteiger partial charge on any atom is -0.381 e. The number of hydrogen-bond donors (Lipinski definition) is 1. The standard InChI is InChI=1S/C12H18ClNO/c1-2-7-15-8-6-12(14)10-4-3-5-11(13)9-10/h3-5,9,12H,2,6-8,14H2,1H3. The van der Waals surface area contributed by atoms with Crippen LogP contribution in [0.25, 0.3) is 0 Å². The van der Waals surface area contributed by atoms with Crippen molar-refractivity contribution in [1.82, 2.24) is 0 Å². The van der Waals surface area contributed by atoms with Gasteiger partial charge in [-0.15, -0.1) is 0 Å². The molecular formula is C12H18ClNO. The van der Waals surface area contributed by atoms with E-state index in [1.807, 2.05) is 24.3 Å². The van der Waals surface area contributed by atoms with Crippen molar-refractivity contribution in [3.63, 3.8) is 0 Å². The summed E-state index contributed by atoms with van der Waals surface area (Å²) in [6.45, 7) is 3.61. The average molecular weight is 228 g/mol. The van der Waals surface area contributed by atoms with Crippen LogP contribution in [0.4, 0.5) is 0 Å². The molecule has 84 valence electrons. The van der Waals surface area contributed by atoms with E-state index in [0.29, 0.717) is 6.61 Å². The molecule has 0 aliphatic carbocycles. The highest BCUT2D eigenvalue weighted by atomic mass is 35.5. The molecule has 0 spiro atoms. The first-order chi connectivity index (χ1) is 7.24. The third-order valence-corrected chi connectivity index (χ3v) is 2.43. The number of halogens is 1. The van der Waals surface area contributed by atoms with Gasteiger partial charge in [0.2, 0.25) is 0 Å². The van der Waals surface area contributed by atoms with Gasteiger partial charge in [-0.2, -0.15) is 0 Å². The molecule has 15 heavy (non-hydrogen) atoms. The fourth-order valence-electron chi connectivity index (χ4n) is 1.36. The molecule has 3 heteroatoms. The van der Waals surface area contributed by atoms with Crippen LogP contribution in [0.2, 0.25) is 5.02 Å². The summed E-state index contributed by atoms with van der Waals surface area (Å²) >= 11 is 5.89. The first kappa shape index (κ1) is 12.5. The highest BCUT2D eigenvalue weighted by Crippen LogP contribution is 2.18. The van der Waals surface area contributed by atoms with Gasteiger partial charge in [-0.05, 0) is 30.5 Å². The zero-order chi connectivity index (χ0) is 11.1. The smallest absolute Gasteiger partial charge is 0.0484 e. The summed E-state index contributed by atoms with van der Waals surface area (Å²) in [5.41, 5.74) is 7.08. The molecule has 1 unspecified atom stereocenters. The van der Waals surface area contributed by atoms with Crippen molar-refractivity contribution in [2.45, 2.75) is 25.8 Å². The maximum atomic E-state index is 6.01. The zero-order valence-electron chi connectivity index (χ0n) is 9.08. The summed E-state index contributed by atoms with van der Waals surface area (Å²) in [6.07, 6.45) is 1.88. The van der Waals surface area contributed by atoms with Crippen molar-refractivity contribution >= 4 is 11.6 Å². The van der Waals surface area contributed by atoms with E-state index in [1.54, 1.807) is 0 Å². The van der Waals surface area contributed by atoms with Gasteiger partial charge in [0.15, 0.2) is 0 Å². The van der Waals surface area contributed by atoms with Gasteiger partial charge in [-0.3, -0.25) is 0 Å². The Kier molecular flexibility index (Phi) is 5.69. The van der Waals surface area contributed by atoms with Gasteiger partial charge < -0.3 is 10.5 Å². The third-order valence-electron chi connectivity index (χ3n) is 2.20. The predicted molar refractivity (Wildman–Crippen MR) is 64.1 cm³/mol. The van der Waals surface area contributed by atoms with Gasteiger partial charge in [-0.25, -0.2) is 0 Å². The van der Waals surface area contributed by atoms with Gasteiger partial charge in [0.25, 0.3) is 0 Å². The molecule has 1 aromatic carbocycles. The Morgan fingerprint density at radius 3 is 2.87 bits per heavy atom. The zero-order valence-corrected chi connectivity index (χ0v) is 9.83. The summed E-state index contributed by atoms with van der Waals surface area (Å²) in [4.78, 5) is 0. The van der Waals surface area contributed by atoms with E-state index in [2.05, 4.69) is 6.92 Å². The van der Waals surface area contributed by atoms with Crippen LogP contribution in [0.1, 0.15) is 31.4 Å². The molecule has 0 aliphatic heterocycles. The molecule has 0 heterocycles. The molecule has 0 radical (unpaired) electrons. The predicted octanol–water partition coefficient (Wildman–Crippen LogP) is 3.16. The van der Waals surface area contributed by atoms with Gasteiger partial charge in [0.1, 0.15) is 0 Å². The molecular weight excluding hydrogens is 210 g/mol. The molecule has 0 amide bonds. The second-order valence-corrected chi connectivity index (χ2v) is 4.00. The van der Waals surface area contributed by atoms with Crippen LogP contribution in [0.5, 0.6) is 0 Å². The lowest BCUT2D eigenvalue weighted by molar-refractivity contribution is 0.128. The number of ether oxygens (including phenoxy) is 1. The lowest BCUT2D eigenvalue weighted by Crippen LogP contribution is -2.13. The normalized spacial score (nSPS) is 12.7. The molecule has 0 saturated heterocycles. The van der Waals surface area contributed by atoms with E-state index in [4.69, 9.17) is 22.1 Å². The summed E-state index contributed by atoms with van der Waals surface area (Å²) in [6, 6.07) is 7.69. The van der Waals surface area contributed by atoms with E-state index in [-0.39, 0.29) is 6.04 Å². The summed E-state index contributed by atoms with van der Waals surface area (Å²) in [5.74, 6) is 0. The maximum Gasteiger partial charge on any atom is 0.0484 e. The van der Waals surface area contributed by atoms with Gasteiger partial charge in [0, 0.05) is 24.3 Å². The Hall–Kier alpha value is -0.570. The van der Waals surface area contributed by atoms with Crippen LogP contribution < -0.4 is 5.73 Å². The van der Waals surface area contributed by atoms with Crippen molar-refractivity contribution in [2.75, 3.05) is 13.2 Å². The molecule has 2 N–H and O–H groups in total. The molecule has 0 fully saturated rings. The van der Waals surface area contributed by atoms with Crippen LogP contribution >= 0.6 is 11.6 Å². The SMILES string of the molecule is CCCOCCC(N)c1cccc(Cl)c1. The van der Waals surface area contributed by atoms with Crippen molar-refractivity contribution in [3.8, 4) is 0 Å². The Bertz CT molecular complexity index is 291. The molecule has 0 aliphatic rings. The van der Waals surface area contributed by atoms with E-state index >= 15 is 0 Å². The van der Waals surface area contributed by atoms with Crippen LogP contribution in [0.15, 0.2) is 24.3 Å². The molecule has 0 bridgehead atoms. The van der Waals surface area contributed by atoms with Gasteiger partial charge >= 0.3 is 0 Å². The van der Waals surface area contributed by atoms with Gasteiger partial charge in [0.05, 0.1) is 0 Å². The lowest BCUT2D eigenvalue weighted by atomic mass is 10.1. The van der Waals surface area contributed by atoms with E-state index in [9.17, 15) is 0 Å². The second-order valence-electron chi connectivity index (χ2n) is 3.56. The van der Waals surface area contributed by atoms with Crippen LogP contribution in [-0.4, -0.2) is 13.2 Å². The first-order valence-corrected chi connectivity index (χ1v) is 5.70. The first-order valence-electron chi connectivity index (χ1n) is 5.33. The van der Waals surface area contributed by atoms with Crippen molar-refractivity contribution < 1.29 is 4.74 Å². The fraction of sp³-hybridized carbons (Fsp3) is 0.500. The van der Waals surface area contributed by atoms with Crippen LogP contribution in [-0.2, 0) is 4.74 Å². The summed E-state index contributed by atoms with van der Waals surface area (Å²) in [7, 11) is 0. The highest BCUT2D eigenvalue weighted by Gasteiger charge is 2.05. The van der Waals surface area contributed by atoms with Crippen LogP contribution in [0.3, 0.4) is 0 Å². The Morgan fingerprint density at radius 1 is 1.40 bits per heavy atom. The maximum absolute atomic E-state index is 6.01. The minimum absolute atomic E-state index is 0.0144. The average Bonchev–Trinajstić information content (AvgIpc) is 2.24. The quantitative estimate of drug-likeness (QED) is 0.758. The lowest BCUT2D eigenvalue weighted by Gasteiger charge is -2.12. The van der Waals surface area contributed by atoms with Crippen molar-refractivity contribution in [3.05, 3.63) is 34.9 Å². The fourth-order valence-corrected chi connectivity index (χ4v) is 1.56. The number of nitrogens with two attached hydrogens (primary N) is 1. The van der Waals surface area contributed by atoms with Crippen molar-refractivity contribution in [2.24, 2.45) is 5.73 Å². The monoisotopic (exact) mass is 227 g/mol. The number of hydrogen-bond acceptors (Lipinski definition) is 2. The van der Waals surface area contributed by atoms with Crippen LogP contribution in [0, 0.1) is 0 Å². The van der Waals surface area contributed by atoms with E-state index in [0.717, 1.165) is 30.0 Å². The van der Waals surface area contributed by atoms with E-state index < -0.39 is 0 Å². The number of rotatable bonds is 6. The Balaban J connectivity index is 2.36. The largest absolute Gasteiger partial charge is 0.381 e. The summed E-state index contributed by atoms with van der Waals surface area (Å²) in [5, 5.41) is 0.734. The second kappa shape index (κ2) is 6.83. The molecule has 1 rings (SSSR count). The topological polar surface area (TPSA) is 35.2 Å². The highest BCUT2D eigenvalue weighted by molar-refractivity contribution is 6.30. The molecule has 0 saturated carbocycles. The van der Waals surface area contributed by atoms with Gasteiger partial charge in [-0.1, -0.05) is 30.7 Å². The Labute approximate surface area is 96.4 Å². The van der Waals surface area contributed by atoms with E-state index in [1.165, 1.54) is 0 Å². The number of benzene rings is 1. The minimum atomic E-state index is 0.0144. The molecule has 0 aromatic heterocycles. The van der Waals surface area contributed by atoms with Crippen molar-refractivity contribution in [1.29, 1.82) is 0 Å².